The Morgan fingerprint density at radius 2 is 1.93 bits per heavy atom. The molecule has 12 heteroatoms. The number of amides is 1. The number of alkyl halides is 3. The molecule has 0 fully saturated rings. The molecule has 0 radical (unpaired) electrons. The van der Waals surface area contributed by atoms with Crippen molar-refractivity contribution in [2.75, 3.05) is 24.0 Å². The molecule has 3 aromatic rings. The number of rotatable bonds is 6. The number of benzene rings is 2. The number of methoxy groups -OCH3 is 1. The number of nitrogens with two attached hydrogens (primary N) is 1. The minimum Gasteiger partial charge on any atom is -0.497 e. The molecule has 2 aromatic carbocycles. The highest BCUT2D eigenvalue weighted by Gasteiger charge is 2.34. The second-order valence-corrected chi connectivity index (χ2v) is 7.31. The first-order valence-electron chi connectivity index (χ1n) is 8.33. The molecular weight excluding hydrogens is 443 g/mol. The molecule has 158 valence electrons. The van der Waals surface area contributed by atoms with Crippen molar-refractivity contribution in [2.45, 2.75) is 11.3 Å². The summed E-state index contributed by atoms with van der Waals surface area (Å²) in [7, 11) is 1.54. The predicted molar refractivity (Wildman–Crippen MR) is 108 cm³/mol. The summed E-state index contributed by atoms with van der Waals surface area (Å²) in [6.07, 6.45) is -4.66. The number of nitrogens with one attached hydrogen (secondary N) is 1. The number of halogens is 4. The van der Waals surface area contributed by atoms with E-state index in [0.717, 1.165) is 23.9 Å². The van der Waals surface area contributed by atoms with Crippen LogP contribution in [0.3, 0.4) is 0 Å². The fraction of sp³-hybridized carbons (Fsp3) is 0.167. The van der Waals surface area contributed by atoms with E-state index < -0.39 is 17.6 Å². The molecule has 0 saturated carbocycles. The smallest absolute Gasteiger partial charge is 0.418 e. The van der Waals surface area contributed by atoms with Crippen LogP contribution in [0.15, 0.2) is 47.6 Å². The molecule has 0 unspecified atom stereocenters. The van der Waals surface area contributed by atoms with Crippen LogP contribution in [0.25, 0.3) is 11.4 Å². The third-order valence-electron chi connectivity index (χ3n) is 3.91. The number of ether oxygens (including phenoxy) is 1. The van der Waals surface area contributed by atoms with Crippen molar-refractivity contribution in [2.24, 2.45) is 0 Å². The molecule has 3 rings (SSSR count). The van der Waals surface area contributed by atoms with E-state index in [-0.39, 0.29) is 21.6 Å². The monoisotopic (exact) mass is 457 g/mol. The molecule has 7 nitrogen and oxygen atoms in total. The second-order valence-electron chi connectivity index (χ2n) is 5.93. The lowest BCUT2D eigenvalue weighted by Crippen LogP contribution is -2.19. The number of nitrogen functional groups attached to an aromatic ring is 1. The van der Waals surface area contributed by atoms with Gasteiger partial charge in [-0.1, -0.05) is 23.4 Å². The Bertz CT molecular complexity index is 1060. The van der Waals surface area contributed by atoms with Gasteiger partial charge in [-0.25, -0.2) is 4.68 Å². The van der Waals surface area contributed by atoms with Gasteiger partial charge in [0.1, 0.15) is 5.75 Å². The van der Waals surface area contributed by atoms with Crippen molar-refractivity contribution in [3.05, 3.63) is 53.1 Å². The summed E-state index contributed by atoms with van der Waals surface area (Å²) in [4.78, 5) is 12.2. The summed E-state index contributed by atoms with van der Waals surface area (Å²) in [5, 5.41) is 10.3. The van der Waals surface area contributed by atoms with Crippen LogP contribution in [-0.4, -0.2) is 33.6 Å². The van der Waals surface area contributed by atoms with E-state index in [1.807, 2.05) is 0 Å². The van der Waals surface area contributed by atoms with E-state index in [0.29, 0.717) is 17.1 Å². The predicted octanol–water partition coefficient (Wildman–Crippen LogP) is 4.07. The summed E-state index contributed by atoms with van der Waals surface area (Å²) in [5.41, 5.74) is -0.735. The third-order valence-corrected chi connectivity index (χ3v) is 5.08. The van der Waals surface area contributed by atoms with Gasteiger partial charge in [0.25, 0.3) is 0 Å². The highest BCUT2D eigenvalue weighted by molar-refractivity contribution is 7.99. The summed E-state index contributed by atoms with van der Waals surface area (Å²) in [6.45, 7) is 0. The molecule has 0 aliphatic rings. The van der Waals surface area contributed by atoms with E-state index in [9.17, 15) is 18.0 Å². The van der Waals surface area contributed by atoms with E-state index >= 15 is 0 Å². The molecule has 0 spiro atoms. The summed E-state index contributed by atoms with van der Waals surface area (Å²) < 4.78 is 45.7. The van der Waals surface area contributed by atoms with Gasteiger partial charge < -0.3 is 15.9 Å². The minimum atomic E-state index is -4.66. The fourth-order valence-corrected chi connectivity index (χ4v) is 3.32. The van der Waals surface area contributed by atoms with Crippen LogP contribution in [0.5, 0.6) is 5.75 Å². The maximum atomic E-state index is 13.1. The number of anilines is 1. The summed E-state index contributed by atoms with van der Waals surface area (Å²) >= 11 is 6.57. The normalized spacial score (nSPS) is 11.4. The molecule has 0 aliphatic carbocycles. The number of hydrogen-bond acceptors (Lipinski definition) is 6. The van der Waals surface area contributed by atoms with Gasteiger partial charge in [-0.3, -0.25) is 4.79 Å². The molecule has 3 N–H and O–H groups in total. The largest absolute Gasteiger partial charge is 0.497 e. The van der Waals surface area contributed by atoms with E-state index in [4.69, 9.17) is 22.2 Å². The first-order chi connectivity index (χ1) is 14.2. The molecule has 0 aliphatic heterocycles. The Labute approximate surface area is 178 Å². The Kier molecular flexibility index (Phi) is 6.42. The van der Waals surface area contributed by atoms with Crippen LogP contribution in [0.1, 0.15) is 5.56 Å². The Hall–Kier alpha value is -2.92. The third kappa shape index (κ3) is 4.97. The molecule has 1 amide bonds. The van der Waals surface area contributed by atoms with Gasteiger partial charge >= 0.3 is 6.18 Å². The zero-order valence-corrected chi connectivity index (χ0v) is 17.0. The Morgan fingerprint density at radius 1 is 1.23 bits per heavy atom. The van der Waals surface area contributed by atoms with Gasteiger partial charge in [-0.2, -0.15) is 13.2 Å². The quantitative estimate of drug-likeness (QED) is 0.428. The number of carbonyl (C=O) groups excluding carboxylic acids is 1. The number of hydrogen-bond donors (Lipinski definition) is 2. The SMILES string of the molecule is COc1ccc(-c2nnc(SCC(=O)Nc3ccc(Cl)cc3C(F)(F)F)n2N)cc1. The molecule has 0 bridgehead atoms. The number of nitrogens with zero attached hydrogens (tertiary/aromatic N) is 3. The van der Waals surface area contributed by atoms with Crippen molar-refractivity contribution in [3.8, 4) is 17.1 Å². The van der Waals surface area contributed by atoms with Crippen molar-refractivity contribution in [3.63, 3.8) is 0 Å². The lowest BCUT2D eigenvalue weighted by molar-refractivity contribution is -0.137. The van der Waals surface area contributed by atoms with Gasteiger partial charge in [0.2, 0.25) is 11.1 Å². The zero-order valence-electron chi connectivity index (χ0n) is 15.4. The van der Waals surface area contributed by atoms with Crippen molar-refractivity contribution in [1.82, 2.24) is 14.9 Å². The van der Waals surface area contributed by atoms with Gasteiger partial charge in [0, 0.05) is 10.6 Å². The van der Waals surface area contributed by atoms with Gasteiger partial charge in [0.15, 0.2) is 5.82 Å². The number of carbonyl (C=O) groups is 1. The summed E-state index contributed by atoms with van der Waals surface area (Å²) in [6, 6.07) is 10.1. The van der Waals surface area contributed by atoms with Crippen LogP contribution < -0.4 is 15.9 Å². The van der Waals surface area contributed by atoms with Crippen LogP contribution in [0, 0.1) is 0 Å². The zero-order chi connectivity index (χ0) is 21.9. The average Bonchev–Trinajstić information content (AvgIpc) is 3.07. The van der Waals surface area contributed by atoms with Crippen molar-refractivity contribution >= 4 is 35.0 Å². The van der Waals surface area contributed by atoms with Gasteiger partial charge in [0.05, 0.1) is 24.1 Å². The highest BCUT2D eigenvalue weighted by atomic mass is 35.5. The van der Waals surface area contributed by atoms with E-state index in [1.165, 1.54) is 10.7 Å². The highest BCUT2D eigenvalue weighted by Crippen LogP contribution is 2.36. The second kappa shape index (κ2) is 8.84. The van der Waals surface area contributed by atoms with E-state index in [1.54, 1.807) is 31.4 Å². The summed E-state index contributed by atoms with van der Waals surface area (Å²) in [5.74, 6) is 6.12. The molecule has 0 saturated heterocycles. The maximum absolute atomic E-state index is 13.1. The fourth-order valence-electron chi connectivity index (χ4n) is 2.49. The number of aromatic nitrogens is 3. The molecule has 1 heterocycles. The maximum Gasteiger partial charge on any atom is 0.418 e. The average molecular weight is 458 g/mol. The molecule has 1 aromatic heterocycles. The first-order valence-corrected chi connectivity index (χ1v) is 9.69. The molecule has 0 atom stereocenters. The van der Waals surface area contributed by atoms with Gasteiger partial charge in [-0.05, 0) is 42.5 Å². The first kappa shape index (κ1) is 21.8. The van der Waals surface area contributed by atoms with Gasteiger partial charge in [-0.15, -0.1) is 10.2 Å². The van der Waals surface area contributed by atoms with Crippen LogP contribution in [-0.2, 0) is 11.0 Å². The lowest BCUT2D eigenvalue weighted by Gasteiger charge is -2.14. The lowest BCUT2D eigenvalue weighted by atomic mass is 10.1. The standard InChI is InChI=1S/C18H15ClF3N5O2S/c1-29-12-5-2-10(3-6-12)16-25-26-17(27(16)23)30-9-15(28)24-14-7-4-11(19)8-13(14)18(20,21)22/h2-8H,9,23H2,1H3,(H,24,28). The topological polar surface area (TPSA) is 95.1 Å². The van der Waals surface area contributed by atoms with Crippen LogP contribution in [0.4, 0.5) is 18.9 Å². The van der Waals surface area contributed by atoms with E-state index in [2.05, 4.69) is 15.5 Å². The Morgan fingerprint density at radius 3 is 2.57 bits per heavy atom. The van der Waals surface area contributed by atoms with Crippen LogP contribution >= 0.6 is 23.4 Å². The number of thioether (sulfide) groups is 1. The molecule has 30 heavy (non-hydrogen) atoms. The molecular formula is C18H15ClF3N5O2S. The minimum absolute atomic E-state index is 0.0861. The van der Waals surface area contributed by atoms with Crippen molar-refractivity contribution in [1.29, 1.82) is 0 Å². The van der Waals surface area contributed by atoms with Crippen molar-refractivity contribution < 1.29 is 22.7 Å². The van der Waals surface area contributed by atoms with Crippen LogP contribution in [0.2, 0.25) is 5.02 Å². The Balaban J connectivity index is 1.68.